The van der Waals surface area contributed by atoms with Crippen LogP contribution >= 0.6 is 0 Å². The zero-order valence-electron chi connectivity index (χ0n) is 10.9. The van der Waals surface area contributed by atoms with Crippen LogP contribution in [0.3, 0.4) is 0 Å². The number of hydrogen-bond acceptors (Lipinski definition) is 5. The van der Waals surface area contributed by atoms with Gasteiger partial charge in [-0.05, 0) is 24.2 Å². The van der Waals surface area contributed by atoms with Gasteiger partial charge in [-0.15, -0.1) is 0 Å². The summed E-state index contributed by atoms with van der Waals surface area (Å²) in [6.45, 7) is 6.16. The predicted molar refractivity (Wildman–Crippen MR) is 63.2 cm³/mol. The average Bonchev–Trinajstić information content (AvgIpc) is 2.95. The molecule has 0 radical (unpaired) electrons. The molecule has 0 aromatic carbocycles. The van der Waals surface area contributed by atoms with Crippen LogP contribution in [0.25, 0.3) is 0 Å². The highest BCUT2D eigenvalue weighted by atomic mass is 16.5. The number of nitrogens with zero attached hydrogens (tertiary/aromatic N) is 2. The quantitative estimate of drug-likeness (QED) is 0.872. The number of rotatable bonds is 4. The van der Waals surface area contributed by atoms with Gasteiger partial charge < -0.3 is 15.0 Å². The van der Waals surface area contributed by atoms with Crippen molar-refractivity contribution < 1.29 is 9.26 Å². The van der Waals surface area contributed by atoms with E-state index in [1.54, 1.807) is 7.11 Å². The number of hydrogen-bond donors (Lipinski definition) is 1. The van der Waals surface area contributed by atoms with E-state index in [0.717, 1.165) is 0 Å². The third-order valence-corrected chi connectivity index (χ3v) is 3.22. The first-order valence-corrected chi connectivity index (χ1v) is 6.05. The van der Waals surface area contributed by atoms with Gasteiger partial charge in [-0.25, -0.2) is 0 Å². The van der Waals surface area contributed by atoms with Crippen LogP contribution in [0, 0.1) is 11.3 Å². The van der Waals surface area contributed by atoms with E-state index >= 15 is 0 Å². The van der Waals surface area contributed by atoms with E-state index in [0.29, 0.717) is 17.6 Å². The molecule has 2 rings (SSSR count). The Balaban J connectivity index is 2.14. The molecule has 1 aromatic rings. The second kappa shape index (κ2) is 4.38. The van der Waals surface area contributed by atoms with Gasteiger partial charge in [-0.2, -0.15) is 4.98 Å². The molecule has 96 valence electrons. The molecule has 5 heteroatoms. The van der Waals surface area contributed by atoms with Crippen molar-refractivity contribution in [1.82, 2.24) is 10.1 Å². The minimum Gasteiger partial charge on any atom is -0.373 e. The lowest BCUT2D eigenvalue weighted by atomic mass is 9.87. The van der Waals surface area contributed by atoms with Crippen LogP contribution in [-0.4, -0.2) is 17.3 Å². The summed E-state index contributed by atoms with van der Waals surface area (Å²) in [4.78, 5) is 4.38. The van der Waals surface area contributed by atoms with Crippen molar-refractivity contribution in [2.75, 3.05) is 7.11 Å². The second-order valence-corrected chi connectivity index (χ2v) is 5.83. The van der Waals surface area contributed by atoms with Crippen LogP contribution in [0.4, 0.5) is 0 Å². The van der Waals surface area contributed by atoms with Gasteiger partial charge in [-0.3, -0.25) is 0 Å². The maximum absolute atomic E-state index is 6.08. The summed E-state index contributed by atoms with van der Waals surface area (Å²) in [6, 6.07) is -0.250. The van der Waals surface area contributed by atoms with Crippen LogP contribution in [0.15, 0.2) is 4.52 Å². The first-order chi connectivity index (χ1) is 7.93. The Morgan fingerprint density at radius 2 is 2.06 bits per heavy atom. The van der Waals surface area contributed by atoms with E-state index in [1.165, 1.54) is 12.8 Å². The molecule has 1 fully saturated rings. The summed E-state index contributed by atoms with van der Waals surface area (Å²) in [7, 11) is 1.68. The summed E-state index contributed by atoms with van der Waals surface area (Å²) in [5, 5.41) is 3.99. The largest absolute Gasteiger partial charge is 0.373 e. The van der Waals surface area contributed by atoms with Crippen molar-refractivity contribution in [2.24, 2.45) is 17.1 Å². The minimum atomic E-state index is -0.250. The monoisotopic (exact) mass is 239 g/mol. The lowest BCUT2D eigenvalue weighted by molar-refractivity contribution is 0.0751. The van der Waals surface area contributed by atoms with Gasteiger partial charge in [0.25, 0.3) is 0 Å². The minimum absolute atomic E-state index is 0.0420. The molecule has 1 saturated carbocycles. The molecule has 1 unspecified atom stereocenters. The Morgan fingerprint density at radius 1 is 1.41 bits per heavy atom. The molecular weight excluding hydrogens is 218 g/mol. The van der Waals surface area contributed by atoms with Gasteiger partial charge in [0.2, 0.25) is 11.7 Å². The van der Waals surface area contributed by atoms with Crippen LogP contribution in [0.1, 0.15) is 57.5 Å². The summed E-state index contributed by atoms with van der Waals surface area (Å²) in [5.74, 6) is 1.66. The number of nitrogens with two attached hydrogens (primary N) is 1. The molecule has 0 saturated heterocycles. The van der Waals surface area contributed by atoms with Crippen LogP contribution < -0.4 is 5.73 Å². The highest BCUT2D eigenvalue weighted by molar-refractivity contribution is 5.02. The van der Waals surface area contributed by atoms with Gasteiger partial charge in [0.1, 0.15) is 6.10 Å². The zero-order chi connectivity index (χ0) is 12.6. The van der Waals surface area contributed by atoms with Crippen molar-refractivity contribution >= 4 is 0 Å². The third-order valence-electron chi connectivity index (χ3n) is 3.22. The summed E-state index contributed by atoms with van der Waals surface area (Å²) >= 11 is 0. The molecule has 0 bridgehead atoms. The Hall–Kier alpha value is -0.940. The van der Waals surface area contributed by atoms with Gasteiger partial charge in [-0.1, -0.05) is 25.9 Å². The maximum atomic E-state index is 6.08. The Bertz CT molecular complexity index is 363. The molecule has 0 spiro atoms. The van der Waals surface area contributed by atoms with E-state index in [4.69, 9.17) is 15.0 Å². The van der Waals surface area contributed by atoms with Crippen molar-refractivity contribution in [3.63, 3.8) is 0 Å². The normalized spacial score (nSPS) is 20.3. The Labute approximate surface area is 102 Å². The van der Waals surface area contributed by atoms with Crippen LogP contribution in [0.2, 0.25) is 0 Å². The highest BCUT2D eigenvalue weighted by Crippen LogP contribution is 2.42. The lowest BCUT2D eigenvalue weighted by Crippen LogP contribution is -2.26. The van der Waals surface area contributed by atoms with Crippen molar-refractivity contribution in [3.8, 4) is 0 Å². The maximum Gasteiger partial charge on any atom is 0.244 e. The molecule has 1 aliphatic rings. The first-order valence-electron chi connectivity index (χ1n) is 6.05. The topological polar surface area (TPSA) is 74.2 Å². The molecule has 1 heterocycles. The standard InChI is InChI=1S/C12H21N3O2/c1-12(2,3)9(13)11-14-10(15-17-11)8(16-4)7-5-6-7/h7-9H,5-6,13H2,1-4H3/t8?,9-/m1/s1. The summed E-state index contributed by atoms with van der Waals surface area (Å²) in [5.41, 5.74) is 5.99. The van der Waals surface area contributed by atoms with Crippen LogP contribution in [-0.2, 0) is 4.74 Å². The van der Waals surface area contributed by atoms with Gasteiger partial charge in [0.15, 0.2) is 0 Å². The number of aromatic nitrogens is 2. The van der Waals surface area contributed by atoms with E-state index in [-0.39, 0.29) is 17.6 Å². The zero-order valence-corrected chi connectivity index (χ0v) is 10.9. The highest BCUT2D eigenvalue weighted by Gasteiger charge is 2.36. The van der Waals surface area contributed by atoms with Gasteiger partial charge >= 0.3 is 0 Å². The molecule has 5 nitrogen and oxygen atoms in total. The molecule has 1 aliphatic carbocycles. The molecule has 1 aromatic heterocycles. The molecule has 17 heavy (non-hydrogen) atoms. The fourth-order valence-corrected chi connectivity index (χ4v) is 1.77. The second-order valence-electron chi connectivity index (χ2n) is 5.83. The average molecular weight is 239 g/mol. The van der Waals surface area contributed by atoms with Crippen molar-refractivity contribution in [2.45, 2.75) is 45.8 Å². The molecule has 0 aliphatic heterocycles. The number of ether oxygens (including phenoxy) is 1. The lowest BCUT2D eigenvalue weighted by Gasteiger charge is -2.23. The molecule has 0 amide bonds. The molecule has 2 atom stereocenters. The summed E-state index contributed by atoms with van der Waals surface area (Å²) in [6.07, 6.45) is 2.31. The predicted octanol–water partition coefficient (Wildman–Crippen LogP) is 2.21. The third kappa shape index (κ3) is 2.66. The molecular formula is C12H21N3O2. The van der Waals surface area contributed by atoms with E-state index in [9.17, 15) is 0 Å². The smallest absolute Gasteiger partial charge is 0.244 e. The first kappa shape index (κ1) is 12.5. The van der Waals surface area contributed by atoms with E-state index < -0.39 is 0 Å². The van der Waals surface area contributed by atoms with Crippen molar-refractivity contribution in [3.05, 3.63) is 11.7 Å². The van der Waals surface area contributed by atoms with Crippen LogP contribution in [0.5, 0.6) is 0 Å². The Kier molecular flexibility index (Phi) is 3.23. The molecule has 2 N–H and O–H groups in total. The van der Waals surface area contributed by atoms with Gasteiger partial charge in [0.05, 0.1) is 6.04 Å². The fourth-order valence-electron chi connectivity index (χ4n) is 1.77. The van der Waals surface area contributed by atoms with E-state index in [2.05, 4.69) is 30.9 Å². The van der Waals surface area contributed by atoms with Crippen molar-refractivity contribution in [1.29, 1.82) is 0 Å². The number of methoxy groups -OCH3 is 1. The van der Waals surface area contributed by atoms with E-state index in [1.807, 2.05) is 0 Å². The summed E-state index contributed by atoms with van der Waals surface area (Å²) < 4.78 is 10.7. The van der Waals surface area contributed by atoms with Gasteiger partial charge in [0, 0.05) is 7.11 Å². The SMILES string of the molecule is COC(c1noc([C@@H](N)C(C)(C)C)n1)C1CC1. The Morgan fingerprint density at radius 3 is 2.53 bits per heavy atom. The fraction of sp³-hybridized carbons (Fsp3) is 0.833.